The first-order chi connectivity index (χ1) is 10.3. The minimum atomic E-state index is 0.514. The standard InChI is InChI=1S/C17H27N3S/c1-4-10-18-14(13-21-11-5-2)12-16-15-8-6-7-9-17(15)20(3)19-16/h6-9,14,18H,4-5,10-13H2,1-3H3. The van der Waals surface area contributed by atoms with Gasteiger partial charge in [0, 0.05) is 30.6 Å². The number of para-hydroxylation sites is 1. The lowest BCUT2D eigenvalue weighted by molar-refractivity contribution is 0.543. The van der Waals surface area contributed by atoms with Crippen molar-refractivity contribution >= 4 is 22.7 Å². The van der Waals surface area contributed by atoms with Crippen molar-refractivity contribution in [3.8, 4) is 0 Å². The van der Waals surface area contributed by atoms with Crippen LogP contribution in [0.4, 0.5) is 0 Å². The summed E-state index contributed by atoms with van der Waals surface area (Å²) in [5.41, 5.74) is 2.45. The summed E-state index contributed by atoms with van der Waals surface area (Å²) in [5.74, 6) is 2.41. The quantitative estimate of drug-likeness (QED) is 0.718. The lowest BCUT2D eigenvalue weighted by Crippen LogP contribution is -2.34. The highest BCUT2D eigenvalue weighted by molar-refractivity contribution is 7.99. The molecule has 0 aliphatic heterocycles. The molecular weight excluding hydrogens is 278 g/mol. The largest absolute Gasteiger partial charge is 0.313 e. The average Bonchev–Trinajstić information content (AvgIpc) is 2.82. The van der Waals surface area contributed by atoms with E-state index in [4.69, 9.17) is 5.10 Å². The maximum absolute atomic E-state index is 4.73. The molecule has 1 aromatic carbocycles. The van der Waals surface area contributed by atoms with Gasteiger partial charge in [-0.3, -0.25) is 4.68 Å². The van der Waals surface area contributed by atoms with Gasteiger partial charge in [0.1, 0.15) is 0 Å². The minimum absolute atomic E-state index is 0.514. The van der Waals surface area contributed by atoms with Gasteiger partial charge in [-0.25, -0.2) is 0 Å². The Morgan fingerprint density at radius 1 is 1.24 bits per heavy atom. The van der Waals surface area contributed by atoms with Gasteiger partial charge in [0.05, 0.1) is 11.2 Å². The smallest absolute Gasteiger partial charge is 0.0719 e. The highest BCUT2D eigenvalue weighted by Crippen LogP contribution is 2.19. The van der Waals surface area contributed by atoms with Gasteiger partial charge in [-0.1, -0.05) is 32.0 Å². The van der Waals surface area contributed by atoms with Crippen molar-refractivity contribution in [2.75, 3.05) is 18.1 Å². The zero-order chi connectivity index (χ0) is 15.1. The van der Waals surface area contributed by atoms with Gasteiger partial charge in [0.25, 0.3) is 0 Å². The van der Waals surface area contributed by atoms with E-state index in [9.17, 15) is 0 Å². The number of fused-ring (bicyclic) bond motifs is 1. The van der Waals surface area contributed by atoms with E-state index in [-0.39, 0.29) is 0 Å². The molecule has 1 heterocycles. The monoisotopic (exact) mass is 305 g/mol. The lowest BCUT2D eigenvalue weighted by Gasteiger charge is -2.17. The SMILES string of the molecule is CCCNC(CSCCC)Cc1nn(C)c2ccccc12. The number of nitrogens with zero attached hydrogens (tertiary/aromatic N) is 2. The van der Waals surface area contributed by atoms with E-state index in [0.29, 0.717) is 6.04 Å². The first-order valence-corrected chi connectivity index (χ1v) is 9.13. The summed E-state index contributed by atoms with van der Waals surface area (Å²) in [6.07, 6.45) is 3.44. The topological polar surface area (TPSA) is 29.9 Å². The number of benzene rings is 1. The van der Waals surface area contributed by atoms with Crippen molar-refractivity contribution in [2.45, 2.75) is 39.2 Å². The summed E-state index contributed by atoms with van der Waals surface area (Å²) in [6.45, 7) is 5.55. The normalized spacial score (nSPS) is 12.9. The zero-order valence-corrected chi connectivity index (χ0v) is 14.2. The second-order valence-electron chi connectivity index (χ2n) is 5.52. The van der Waals surface area contributed by atoms with Crippen molar-refractivity contribution in [1.29, 1.82) is 0 Å². The Balaban J connectivity index is 2.09. The van der Waals surface area contributed by atoms with Gasteiger partial charge in [-0.15, -0.1) is 0 Å². The molecule has 0 fully saturated rings. The van der Waals surface area contributed by atoms with E-state index in [2.05, 4.69) is 43.4 Å². The summed E-state index contributed by atoms with van der Waals surface area (Å²) in [5, 5.41) is 9.71. The fraction of sp³-hybridized carbons (Fsp3) is 0.588. The summed E-state index contributed by atoms with van der Waals surface area (Å²) >= 11 is 2.05. The van der Waals surface area contributed by atoms with E-state index in [1.165, 1.54) is 40.9 Å². The van der Waals surface area contributed by atoms with Gasteiger partial charge in [0.2, 0.25) is 0 Å². The Morgan fingerprint density at radius 2 is 2.05 bits per heavy atom. The minimum Gasteiger partial charge on any atom is -0.313 e. The third kappa shape index (κ3) is 4.48. The number of aromatic nitrogens is 2. The van der Waals surface area contributed by atoms with Crippen LogP contribution in [0.1, 0.15) is 32.4 Å². The summed E-state index contributed by atoms with van der Waals surface area (Å²) in [7, 11) is 2.03. The van der Waals surface area contributed by atoms with Crippen LogP contribution in [0.3, 0.4) is 0 Å². The molecule has 116 valence electrons. The molecule has 3 nitrogen and oxygen atoms in total. The fourth-order valence-electron chi connectivity index (χ4n) is 2.58. The van der Waals surface area contributed by atoms with Crippen LogP contribution in [0.25, 0.3) is 10.9 Å². The number of nitrogens with one attached hydrogen (secondary N) is 1. The molecule has 4 heteroatoms. The molecule has 0 saturated carbocycles. The molecule has 0 bridgehead atoms. The Kier molecular flexibility index (Phi) is 6.58. The van der Waals surface area contributed by atoms with Crippen LogP contribution in [0.15, 0.2) is 24.3 Å². The summed E-state index contributed by atoms with van der Waals surface area (Å²) in [4.78, 5) is 0. The van der Waals surface area contributed by atoms with Crippen LogP contribution in [-0.2, 0) is 13.5 Å². The molecule has 0 saturated heterocycles. The van der Waals surface area contributed by atoms with Crippen LogP contribution in [0.5, 0.6) is 0 Å². The maximum Gasteiger partial charge on any atom is 0.0719 e. The van der Waals surface area contributed by atoms with Gasteiger partial charge < -0.3 is 5.32 Å². The molecular formula is C17H27N3S. The van der Waals surface area contributed by atoms with E-state index in [1.807, 2.05) is 23.5 Å². The molecule has 0 radical (unpaired) electrons. The Labute approximate surface area is 132 Å². The summed E-state index contributed by atoms with van der Waals surface area (Å²) in [6, 6.07) is 9.03. The second kappa shape index (κ2) is 8.44. The molecule has 21 heavy (non-hydrogen) atoms. The predicted molar refractivity (Wildman–Crippen MR) is 94.1 cm³/mol. The molecule has 0 spiro atoms. The number of hydrogen-bond acceptors (Lipinski definition) is 3. The van der Waals surface area contributed by atoms with E-state index < -0.39 is 0 Å². The zero-order valence-electron chi connectivity index (χ0n) is 13.4. The third-order valence-corrected chi connectivity index (χ3v) is 4.96. The average molecular weight is 305 g/mol. The van der Waals surface area contributed by atoms with Crippen LogP contribution >= 0.6 is 11.8 Å². The molecule has 0 amide bonds. The van der Waals surface area contributed by atoms with Crippen LogP contribution in [0, 0.1) is 0 Å². The first kappa shape index (κ1) is 16.4. The molecule has 2 aromatic rings. The molecule has 0 aliphatic rings. The third-order valence-electron chi connectivity index (χ3n) is 3.62. The number of aryl methyl sites for hydroxylation is 1. The van der Waals surface area contributed by atoms with Crippen LogP contribution in [0.2, 0.25) is 0 Å². The molecule has 1 unspecified atom stereocenters. The molecule has 0 aliphatic carbocycles. The highest BCUT2D eigenvalue weighted by Gasteiger charge is 2.14. The Hall–Kier alpha value is -1.00. The second-order valence-corrected chi connectivity index (χ2v) is 6.67. The highest BCUT2D eigenvalue weighted by atomic mass is 32.2. The molecule has 1 atom stereocenters. The lowest BCUT2D eigenvalue weighted by atomic mass is 10.1. The number of rotatable bonds is 9. The Bertz CT molecular complexity index is 550. The summed E-state index contributed by atoms with van der Waals surface area (Å²) < 4.78 is 2.00. The van der Waals surface area contributed by atoms with Crippen molar-refractivity contribution in [3.63, 3.8) is 0 Å². The van der Waals surface area contributed by atoms with E-state index in [1.54, 1.807) is 0 Å². The number of thioether (sulfide) groups is 1. The maximum atomic E-state index is 4.73. The van der Waals surface area contributed by atoms with Gasteiger partial charge in [-0.05, 0) is 31.2 Å². The van der Waals surface area contributed by atoms with E-state index >= 15 is 0 Å². The first-order valence-electron chi connectivity index (χ1n) is 7.98. The van der Waals surface area contributed by atoms with Crippen molar-refractivity contribution in [2.24, 2.45) is 7.05 Å². The molecule has 2 rings (SSSR count). The van der Waals surface area contributed by atoms with E-state index in [0.717, 1.165) is 13.0 Å². The van der Waals surface area contributed by atoms with Crippen LogP contribution in [-0.4, -0.2) is 33.9 Å². The molecule has 1 aromatic heterocycles. The fourth-order valence-corrected chi connectivity index (χ4v) is 3.56. The van der Waals surface area contributed by atoms with Crippen molar-refractivity contribution in [1.82, 2.24) is 15.1 Å². The van der Waals surface area contributed by atoms with Gasteiger partial charge in [-0.2, -0.15) is 16.9 Å². The van der Waals surface area contributed by atoms with Crippen molar-refractivity contribution < 1.29 is 0 Å². The number of hydrogen-bond donors (Lipinski definition) is 1. The van der Waals surface area contributed by atoms with Crippen LogP contribution < -0.4 is 5.32 Å². The van der Waals surface area contributed by atoms with Crippen molar-refractivity contribution in [3.05, 3.63) is 30.0 Å². The van der Waals surface area contributed by atoms with Gasteiger partial charge in [0.15, 0.2) is 0 Å². The Morgan fingerprint density at radius 3 is 2.81 bits per heavy atom. The molecule has 1 N–H and O–H groups in total. The van der Waals surface area contributed by atoms with Gasteiger partial charge >= 0.3 is 0 Å². The predicted octanol–water partition coefficient (Wildman–Crippen LogP) is 3.63.